The zero-order valence-electron chi connectivity index (χ0n) is 13.3. The van der Waals surface area contributed by atoms with Gasteiger partial charge in [-0.1, -0.05) is 71.7 Å². The Kier molecular flexibility index (Phi) is 4.65. The van der Waals surface area contributed by atoms with Gasteiger partial charge in [0.2, 0.25) is 0 Å². The molecule has 0 saturated carbocycles. The molecule has 0 spiro atoms. The average molecular weight is 359 g/mol. The fourth-order valence-electron chi connectivity index (χ4n) is 2.66. The molecule has 0 unspecified atom stereocenters. The van der Waals surface area contributed by atoms with Crippen LogP contribution in [0.15, 0.2) is 60.7 Å². The molecular formula is C19H16Cl2N2O. The summed E-state index contributed by atoms with van der Waals surface area (Å²) in [5, 5.41) is 0.719. The molecule has 0 aliphatic heterocycles. The summed E-state index contributed by atoms with van der Waals surface area (Å²) in [4.78, 5) is 14.5. The van der Waals surface area contributed by atoms with E-state index < -0.39 is 0 Å². The lowest BCUT2D eigenvalue weighted by atomic mass is 10.0. The standard InChI is InChI=1S/C19H16Cl2N2O/c1-22-17(12-15(20)18(22)21)19(24)23(2)16-11-7-6-10-14(16)13-8-4-3-5-9-13/h3-12H,1-2H3. The maximum Gasteiger partial charge on any atom is 0.274 e. The lowest BCUT2D eigenvalue weighted by molar-refractivity contribution is 0.0985. The number of hydrogen-bond acceptors (Lipinski definition) is 1. The van der Waals surface area contributed by atoms with Crippen LogP contribution in [0.2, 0.25) is 10.2 Å². The second kappa shape index (κ2) is 6.71. The number of carbonyl (C=O) groups excluding carboxylic acids is 1. The molecule has 0 fully saturated rings. The quantitative estimate of drug-likeness (QED) is 0.625. The van der Waals surface area contributed by atoms with Crippen LogP contribution in [0.3, 0.4) is 0 Å². The Balaban J connectivity index is 2.03. The molecule has 5 heteroatoms. The van der Waals surface area contributed by atoms with Gasteiger partial charge in [-0.15, -0.1) is 0 Å². The minimum Gasteiger partial charge on any atom is -0.329 e. The predicted octanol–water partition coefficient (Wildman–Crippen LogP) is 5.28. The maximum absolute atomic E-state index is 12.9. The Morgan fingerprint density at radius 1 is 1.00 bits per heavy atom. The van der Waals surface area contributed by atoms with Crippen LogP contribution >= 0.6 is 23.2 Å². The molecule has 24 heavy (non-hydrogen) atoms. The van der Waals surface area contributed by atoms with E-state index in [4.69, 9.17) is 23.2 Å². The summed E-state index contributed by atoms with van der Waals surface area (Å²) in [6.07, 6.45) is 0. The number of aromatic nitrogens is 1. The first-order chi connectivity index (χ1) is 11.5. The van der Waals surface area contributed by atoms with E-state index in [1.165, 1.54) is 0 Å². The molecule has 122 valence electrons. The van der Waals surface area contributed by atoms with Crippen molar-refractivity contribution in [2.75, 3.05) is 11.9 Å². The van der Waals surface area contributed by atoms with Crippen LogP contribution < -0.4 is 4.90 Å². The lowest BCUT2D eigenvalue weighted by Crippen LogP contribution is -2.28. The van der Waals surface area contributed by atoms with Crippen LogP contribution in [0.5, 0.6) is 0 Å². The van der Waals surface area contributed by atoms with Gasteiger partial charge in [-0.25, -0.2) is 0 Å². The van der Waals surface area contributed by atoms with E-state index >= 15 is 0 Å². The van der Waals surface area contributed by atoms with Gasteiger partial charge in [0, 0.05) is 19.7 Å². The highest BCUT2D eigenvalue weighted by Gasteiger charge is 2.21. The minimum absolute atomic E-state index is 0.172. The Hall–Kier alpha value is -2.23. The van der Waals surface area contributed by atoms with Gasteiger partial charge in [0.25, 0.3) is 5.91 Å². The van der Waals surface area contributed by atoms with Crippen molar-refractivity contribution in [3.8, 4) is 11.1 Å². The summed E-state index contributed by atoms with van der Waals surface area (Å²) in [6, 6.07) is 19.3. The third-order valence-corrected chi connectivity index (χ3v) is 4.83. The van der Waals surface area contributed by atoms with Crippen molar-refractivity contribution in [3.63, 3.8) is 0 Å². The SMILES string of the molecule is CN(C(=O)c1cc(Cl)c(Cl)n1C)c1ccccc1-c1ccccc1. The predicted molar refractivity (Wildman–Crippen MR) is 100 cm³/mol. The van der Waals surface area contributed by atoms with Crippen LogP contribution in [-0.4, -0.2) is 17.5 Å². The van der Waals surface area contributed by atoms with Crippen LogP contribution in [0, 0.1) is 0 Å². The van der Waals surface area contributed by atoms with Crippen molar-refractivity contribution in [1.82, 2.24) is 4.57 Å². The van der Waals surface area contributed by atoms with Gasteiger partial charge in [-0.3, -0.25) is 4.79 Å². The Morgan fingerprint density at radius 3 is 2.25 bits per heavy atom. The molecule has 0 aliphatic rings. The molecule has 3 nitrogen and oxygen atoms in total. The van der Waals surface area contributed by atoms with Crippen LogP contribution in [0.25, 0.3) is 11.1 Å². The maximum atomic E-state index is 12.9. The molecule has 0 aliphatic carbocycles. The van der Waals surface area contributed by atoms with Crippen LogP contribution in [0.1, 0.15) is 10.5 Å². The summed E-state index contributed by atoms with van der Waals surface area (Å²) in [5.41, 5.74) is 3.30. The highest BCUT2D eigenvalue weighted by molar-refractivity contribution is 6.42. The van der Waals surface area contributed by atoms with Crippen LogP contribution in [0.4, 0.5) is 5.69 Å². The molecular weight excluding hydrogens is 343 g/mol. The molecule has 1 aromatic heterocycles. The first-order valence-electron chi connectivity index (χ1n) is 7.44. The van der Waals surface area contributed by atoms with Crippen molar-refractivity contribution < 1.29 is 4.79 Å². The smallest absolute Gasteiger partial charge is 0.274 e. The van der Waals surface area contributed by atoms with Crippen molar-refractivity contribution in [3.05, 3.63) is 76.5 Å². The van der Waals surface area contributed by atoms with E-state index in [0.717, 1.165) is 16.8 Å². The molecule has 2 aromatic carbocycles. The van der Waals surface area contributed by atoms with E-state index in [1.54, 1.807) is 29.6 Å². The Morgan fingerprint density at radius 2 is 1.62 bits per heavy atom. The Labute approximate surface area is 151 Å². The number of amides is 1. The number of hydrogen-bond donors (Lipinski definition) is 0. The molecule has 0 bridgehead atoms. The molecule has 0 saturated heterocycles. The number of nitrogens with zero attached hydrogens (tertiary/aromatic N) is 2. The van der Waals surface area contributed by atoms with Crippen LogP contribution in [-0.2, 0) is 7.05 Å². The summed E-state index contributed by atoms with van der Waals surface area (Å²) >= 11 is 12.1. The molecule has 0 radical (unpaired) electrons. The normalized spacial score (nSPS) is 10.7. The lowest BCUT2D eigenvalue weighted by Gasteiger charge is -2.21. The van der Waals surface area contributed by atoms with E-state index in [9.17, 15) is 4.79 Å². The van der Waals surface area contributed by atoms with Crippen molar-refractivity contribution in [2.24, 2.45) is 7.05 Å². The average Bonchev–Trinajstić information content (AvgIpc) is 2.88. The molecule has 3 aromatic rings. The third-order valence-electron chi connectivity index (χ3n) is 3.99. The highest BCUT2D eigenvalue weighted by Crippen LogP contribution is 2.32. The monoisotopic (exact) mass is 358 g/mol. The van der Waals surface area contributed by atoms with Crippen molar-refractivity contribution in [1.29, 1.82) is 0 Å². The number of carbonyl (C=O) groups is 1. The van der Waals surface area contributed by atoms with E-state index in [0.29, 0.717) is 15.9 Å². The number of halogens is 2. The zero-order chi connectivity index (χ0) is 17.3. The highest BCUT2D eigenvalue weighted by atomic mass is 35.5. The van der Waals surface area contributed by atoms with Gasteiger partial charge >= 0.3 is 0 Å². The number of para-hydroxylation sites is 1. The third kappa shape index (κ3) is 2.93. The van der Waals surface area contributed by atoms with Gasteiger partial charge in [0.05, 0.1) is 10.7 Å². The fourth-order valence-corrected chi connectivity index (χ4v) is 3.03. The van der Waals surface area contributed by atoms with Gasteiger partial charge in [-0.05, 0) is 17.7 Å². The number of rotatable bonds is 3. The fraction of sp³-hybridized carbons (Fsp3) is 0.105. The summed E-state index contributed by atoms with van der Waals surface area (Å²) in [7, 11) is 3.47. The minimum atomic E-state index is -0.172. The van der Waals surface area contributed by atoms with E-state index in [2.05, 4.69) is 0 Å². The summed E-state index contributed by atoms with van der Waals surface area (Å²) in [5.74, 6) is -0.172. The molecule has 1 amide bonds. The summed E-state index contributed by atoms with van der Waals surface area (Å²) < 4.78 is 1.59. The second-order valence-electron chi connectivity index (χ2n) is 5.47. The largest absolute Gasteiger partial charge is 0.329 e. The van der Waals surface area contributed by atoms with Gasteiger partial charge < -0.3 is 9.47 Å². The first-order valence-corrected chi connectivity index (χ1v) is 8.19. The Bertz CT molecular complexity index is 888. The second-order valence-corrected chi connectivity index (χ2v) is 6.24. The first kappa shape index (κ1) is 16.6. The van der Waals surface area contributed by atoms with E-state index in [1.807, 2.05) is 54.6 Å². The molecule has 0 atom stereocenters. The van der Waals surface area contributed by atoms with E-state index in [-0.39, 0.29) is 5.91 Å². The van der Waals surface area contributed by atoms with Gasteiger partial charge in [0.1, 0.15) is 10.8 Å². The molecule has 3 rings (SSSR count). The summed E-state index contributed by atoms with van der Waals surface area (Å²) in [6.45, 7) is 0. The zero-order valence-corrected chi connectivity index (χ0v) is 14.8. The molecule has 0 N–H and O–H groups in total. The van der Waals surface area contributed by atoms with Crippen molar-refractivity contribution in [2.45, 2.75) is 0 Å². The number of benzene rings is 2. The molecule has 1 heterocycles. The van der Waals surface area contributed by atoms with Gasteiger partial charge in [-0.2, -0.15) is 0 Å². The topological polar surface area (TPSA) is 25.2 Å². The number of anilines is 1. The van der Waals surface area contributed by atoms with Crippen molar-refractivity contribution >= 4 is 34.8 Å². The van der Waals surface area contributed by atoms with Gasteiger partial charge in [0.15, 0.2) is 0 Å².